The van der Waals surface area contributed by atoms with Crippen molar-refractivity contribution in [1.29, 1.82) is 0 Å². The normalized spacial score (nSPS) is 10.4. The zero-order valence-corrected chi connectivity index (χ0v) is 12.1. The molecule has 0 aliphatic rings. The molecule has 4 heteroatoms. The van der Waals surface area contributed by atoms with Crippen LogP contribution in [0.15, 0.2) is 66.7 Å². The van der Waals surface area contributed by atoms with Crippen molar-refractivity contribution in [2.75, 3.05) is 0 Å². The minimum Gasteiger partial charge on any atom is -0.486 e. The zero-order chi connectivity index (χ0) is 15.2. The van der Waals surface area contributed by atoms with Crippen molar-refractivity contribution >= 4 is 0 Å². The maximum Gasteiger partial charge on any atom is 0.166 e. The van der Waals surface area contributed by atoms with Gasteiger partial charge < -0.3 is 10.5 Å². The summed E-state index contributed by atoms with van der Waals surface area (Å²) < 4.78 is 5.72. The van der Waals surface area contributed by atoms with Gasteiger partial charge in [0.25, 0.3) is 0 Å². The van der Waals surface area contributed by atoms with Gasteiger partial charge in [0.05, 0.1) is 11.4 Å². The van der Waals surface area contributed by atoms with Gasteiger partial charge in [-0.1, -0.05) is 48.5 Å². The monoisotopic (exact) mass is 291 g/mol. The highest BCUT2D eigenvalue weighted by Gasteiger charge is 2.06. The molecule has 4 nitrogen and oxygen atoms in total. The van der Waals surface area contributed by atoms with Gasteiger partial charge in [-0.25, -0.2) is 9.97 Å². The van der Waals surface area contributed by atoms with Crippen molar-refractivity contribution in [2.45, 2.75) is 13.2 Å². The van der Waals surface area contributed by atoms with Gasteiger partial charge in [0, 0.05) is 12.1 Å². The van der Waals surface area contributed by atoms with Gasteiger partial charge in [-0.05, 0) is 18.2 Å². The lowest BCUT2D eigenvalue weighted by atomic mass is 10.1. The maximum absolute atomic E-state index is 5.74. The average molecular weight is 291 g/mol. The third-order valence-electron chi connectivity index (χ3n) is 3.22. The fourth-order valence-electron chi connectivity index (χ4n) is 2.14. The highest BCUT2D eigenvalue weighted by molar-refractivity contribution is 5.59. The highest BCUT2D eigenvalue weighted by atomic mass is 16.5. The first-order valence-corrected chi connectivity index (χ1v) is 7.15. The Morgan fingerprint density at radius 1 is 0.864 bits per heavy atom. The van der Waals surface area contributed by atoms with E-state index in [1.807, 2.05) is 66.7 Å². The molecule has 0 fully saturated rings. The summed E-state index contributed by atoms with van der Waals surface area (Å²) in [7, 11) is 0. The summed E-state index contributed by atoms with van der Waals surface area (Å²) in [6.45, 7) is 0.693. The Hall–Kier alpha value is -2.72. The zero-order valence-electron chi connectivity index (χ0n) is 12.1. The van der Waals surface area contributed by atoms with Gasteiger partial charge in [0.1, 0.15) is 12.4 Å². The van der Waals surface area contributed by atoms with Crippen molar-refractivity contribution in [3.63, 3.8) is 0 Å². The lowest BCUT2D eigenvalue weighted by Crippen LogP contribution is -2.08. The predicted molar refractivity (Wildman–Crippen MR) is 86.1 cm³/mol. The van der Waals surface area contributed by atoms with Crippen LogP contribution >= 0.6 is 0 Å². The third kappa shape index (κ3) is 3.48. The molecule has 22 heavy (non-hydrogen) atoms. The minimum absolute atomic E-state index is 0.317. The summed E-state index contributed by atoms with van der Waals surface area (Å²) in [5.41, 5.74) is 8.45. The summed E-state index contributed by atoms with van der Waals surface area (Å²) in [5.74, 6) is 1.43. The number of benzene rings is 2. The molecule has 0 spiro atoms. The first-order chi connectivity index (χ1) is 10.8. The van der Waals surface area contributed by atoms with E-state index in [-0.39, 0.29) is 0 Å². The number of para-hydroxylation sites is 1. The second-order valence-electron chi connectivity index (χ2n) is 4.83. The quantitative estimate of drug-likeness (QED) is 0.784. The number of ether oxygens (including phenoxy) is 1. The molecule has 0 unspecified atom stereocenters. The molecule has 2 aromatic carbocycles. The van der Waals surface area contributed by atoms with Crippen LogP contribution in [-0.2, 0) is 13.2 Å². The van der Waals surface area contributed by atoms with E-state index in [0.717, 1.165) is 22.7 Å². The number of hydrogen-bond acceptors (Lipinski definition) is 4. The molecular formula is C18H17N3O. The van der Waals surface area contributed by atoms with Gasteiger partial charge >= 0.3 is 0 Å². The van der Waals surface area contributed by atoms with Crippen molar-refractivity contribution in [2.24, 2.45) is 5.73 Å². The Labute approximate surface area is 129 Å². The molecule has 3 aromatic rings. The molecule has 0 aliphatic carbocycles. The second-order valence-corrected chi connectivity index (χ2v) is 4.83. The predicted octanol–water partition coefficient (Wildman–Crippen LogP) is 3.18. The van der Waals surface area contributed by atoms with E-state index in [0.29, 0.717) is 19.0 Å². The van der Waals surface area contributed by atoms with E-state index in [1.165, 1.54) is 0 Å². The number of nitrogens with two attached hydrogens (primary N) is 1. The van der Waals surface area contributed by atoms with Gasteiger partial charge in [-0.2, -0.15) is 0 Å². The number of nitrogens with zero attached hydrogens (tertiary/aromatic N) is 2. The number of aromatic nitrogens is 2. The Morgan fingerprint density at radius 3 is 2.23 bits per heavy atom. The molecule has 0 amide bonds. The van der Waals surface area contributed by atoms with Crippen LogP contribution in [0, 0.1) is 0 Å². The first kappa shape index (κ1) is 14.2. The average Bonchev–Trinajstić information content (AvgIpc) is 2.61. The minimum atomic E-state index is 0.317. The maximum atomic E-state index is 5.74. The molecule has 1 aromatic heterocycles. The lowest BCUT2D eigenvalue weighted by molar-refractivity contribution is 0.295. The van der Waals surface area contributed by atoms with Gasteiger partial charge in [-0.3, -0.25) is 0 Å². The molecule has 0 saturated carbocycles. The third-order valence-corrected chi connectivity index (χ3v) is 3.22. The van der Waals surface area contributed by atoms with Crippen LogP contribution in [0.1, 0.15) is 11.5 Å². The van der Waals surface area contributed by atoms with Gasteiger partial charge in [0.15, 0.2) is 5.82 Å². The van der Waals surface area contributed by atoms with E-state index in [1.54, 1.807) is 0 Å². The van der Waals surface area contributed by atoms with Crippen molar-refractivity contribution < 1.29 is 4.74 Å². The van der Waals surface area contributed by atoms with Crippen LogP contribution in [0.2, 0.25) is 0 Å². The smallest absolute Gasteiger partial charge is 0.166 e. The Bertz CT molecular complexity index is 730. The molecular weight excluding hydrogens is 274 g/mol. The van der Waals surface area contributed by atoms with Crippen molar-refractivity contribution in [3.05, 3.63) is 78.2 Å². The molecule has 0 atom stereocenters. The van der Waals surface area contributed by atoms with Crippen molar-refractivity contribution in [1.82, 2.24) is 9.97 Å². The molecule has 0 aliphatic heterocycles. The molecule has 0 radical (unpaired) electrons. The SMILES string of the molecule is NCc1cc(-c2ccccc2)nc(COc2ccccc2)n1. The fraction of sp³-hybridized carbons (Fsp3) is 0.111. The summed E-state index contributed by atoms with van der Waals surface area (Å²) in [5, 5.41) is 0. The van der Waals surface area contributed by atoms with E-state index >= 15 is 0 Å². The second kappa shape index (κ2) is 6.83. The lowest BCUT2D eigenvalue weighted by Gasteiger charge is -2.09. The van der Waals surface area contributed by atoms with Gasteiger partial charge in [0.2, 0.25) is 0 Å². The van der Waals surface area contributed by atoms with Crippen LogP contribution in [0.25, 0.3) is 11.3 Å². The standard InChI is InChI=1S/C18H17N3O/c19-12-15-11-17(14-7-3-1-4-8-14)21-18(20-15)13-22-16-9-5-2-6-10-16/h1-11H,12-13,19H2. The topological polar surface area (TPSA) is 61.0 Å². The van der Waals surface area contributed by atoms with Gasteiger partial charge in [-0.15, -0.1) is 0 Å². The highest BCUT2D eigenvalue weighted by Crippen LogP contribution is 2.18. The van der Waals surface area contributed by atoms with Crippen LogP contribution in [0.3, 0.4) is 0 Å². The van der Waals surface area contributed by atoms with Crippen LogP contribution in [-0.4, -0.2) is 9.97 Å². The van der Waals surface area contributed by atoms with Crippen LogP contribution in [0.4, 0.5) is 0 Å². The number of hydrogen-bond donors (Lipinski definition) is 1. The first-order valence-electron chi connectivity index (χ1n) is 7.15. The van der Waals surface area contributed by atoms with E-state index in [2.05, 4.69) is 9.97 Å². The molecule has 1 heterocycles. The summed E-state index contributed by atoms with van der Waals surface area (Å²) >= 11 is 0. The van der Waals surface area contributed by atoms with Crippen molar-refractivity contribution in [3.8, 4) is 17.0 Å². The summed E-state index contributed by atoms with van der Waals surface area (Å²) in [6.07, 6.45) is 0. The Balaban J connectivity index is 1.85. The summed E-state index contributed by atoms with van der Waals surface area (Å²) in [4.78, 5) is 9.01. The molecule has 0 bridgehead atoms. The van der Waals surface area contributed by atoms with Crippen LogP contribution < -0.4 is 10.5 Å². The van der Waals surface area contributed by atoms with E-state index < -0.39 is 0 Å². The molecule has 110 valence electrons. The molecule has 0 saturated heterocycles. The molecule has 3 rings (SSSR count). The number of rotatable bonds is 5. The van der Waals surface area contributed by atoms with Crippen LogP contribution in [0.5, 0.6) is 5.75 Å². The van der Waals surface area contributed by atoms with E-state index in [4.69, 9.17) is 10.5 Å². The largest absolute Gasteiger partial charge is 0.486 e. The fourth-order valence-corrected chi connectivity index (χ4v) is 2.14. The Morgan fingerprint density at radius 2 is 1.55 bits per heavy atom. The van der Waals surface area contributed by atoms with E-state index in [9.17, 15) is 0 Å². The Kier molecular flexibility index (Phi) is 4.41. The molecule has 2 N–H and O–H groups in total. The summed E-state index contributed by atoms with van der Waals surface area (Å²) in [6, 6.07) is 21.5.